The maximum atomic E-state index is 9.93. The third-order valence-electron chi connectivity index (χ3n) is 4.33. The topological polar surface area (TPSA) is 66.5 Å². The molecule has 0 aromatic heterocycles. The molecule has 0 unspecified atom stereocenters. The molecule has 2 saturated carbocycles. The van der Waals surface area contributed by atoms with E-state index in [0.29, 0.717) is 0 Å². The molecule has 0 heterocycles. The summed E-state index contributed by atoms with van der Waals surface area (Å²) < 4.78 is 0. The first-order valence-electron chi connectivity index (χ1n) is 5.87. The number of nitrogens with two attached hydrogens (primary N) is 1. The predicted molar refractivity (Wildman–Crippen MR) is 68.0 cm³/mol. The first-order valence-corrected chi connectivity index (χ1v) is 5.87. The summed E-state index contributed by atoms with van der Waals surface area (Å²) in [7, 11) is 0. The average Bonchev–Trinajstić information content (AvgIpc) is 2.78. The molecular formula is C13H18ClNO2. The van der Waals surface area contributed by atoms with E-state index in [2.05, 4.69) is 12.1 Å². The predicted octanol–water partition coefficient (Wildman–Crippen LogP) is 0.891. The Morgan fingerprint density at radius 1 is 1.00 bits per heavy atom. The molecule has 2 fully saturated rings. The van der Waals surface area contributed by atoms with Crippen LogP contribution in [0.15, 0.2) is 30.3 Å². The second-order valence-electron chi connectivity index (χ2n) is 5.06. The Kier molecular flexibility index (Phi) is 3.46. The lowest BCUT2D eigenvalue weighted by Gasteiger charge is -2.35. The molecule has 0 aliphatic heterocycles. The van der Waals surface area contributed by atoms with E-state index in [-0.39, 0.29) is 36.2 Å². The highest BCUT2D eigenvalue weighted by molar-refractivity contribution is 5.85. The zero-order chi connectivity index (χ0) is 11.3. The summed E-state index contributed by atoms with van der Waals surface area (Å²) in [5.41, 5.74) is 7.37. The zero-order valence-electron chi connectivity index (χ0n) is 9.44. The van der Waals surface area contributed by atoms with Crippen molar-refractivity contribution in [2.45, 2.75) is 30.6 Å². The van der Waals surface area contributed by atoms with Gasteiger partial charge in [0.05, 0.1) is 12.2 Å². The monoisotopic (exact) mass is 255 g/mol. The molecule has 17 heavy (non-hydrogen) atoms. The molecule has 3 rings (SSSR count). The Morgan fingerprint density at radius 3 is 2.18 bits per heavy atom. The summed E-state index contributed by atoms with van der Waals surface area (Å²) in [6.45, 7) is 0. The van der Waals surface area contributed by atoms with E-state index >= 15 is 0 Å². The van der Waals surface area contributed by atoms with Crippen molar-refractivity contribution >= 4 is 12.4 Å². The Hall–Kier alpha value is -0.610. The van der Waals surface area contributed by atoms with Crippen LogP contribution in [0.25, 0.3) is 0 Å². The highest BCUT2D eigenvalue weighted by atomic mass is 35.5. The molecule has 2 aliphatic rings. The lowest BCUT2D eigenvalue weighted by atomic mass is 9.77. The lowest BCUT2D eigenvalue weighted by Crippen LogP contribution is -2.47. The normalized spacial score (nSPS) is 43.5. The number of aliphatic hydroxyl groups excluding tert-OH is 2. The standard InChI is InChI=1S/C13H17NO2.ClH/c14-11-9-6-8(12(15)13(9)16)10(11)7-4-2-1-3-5-7;/h1-5,8-13,15-16H,6,14H2;1H/t8-,9+,10+,11+,12-,13+;/m0./s1. The highest BCUT2D eigenvalue weighted by Crippen LogP contribution is 2.52. The minimum Gasteiger partial charge on any atom is -0.390 e. The Bertz CT molecular complexity index is 386. The molecule has 0 spiro atoms. The van der Waals surface area contributed by atoms with E-state index in [0.717, 1.165) is 6.42 Å². The maximum absolute atomic E-state index is 9.93. The number of halogens is 1. The molecule has 1 aromatic rings. The Morgan fingerprint density at radius 2 is 1.59 bits per heavy atom. The van der Waals surface area contributed by atoms with E-state index in [1.165, 1.54) is 5.56 Å². The summed E-state index contributed by atoms with van der Waals surface area (Å²) in [5, 5.41) is 19.7. The van der Waals surface area contributed by atoms with Crippen LogP contribution in [-0.4, -0.2) is 28.5 Å². The maximum Gasteiger partial charge on any atom is 0.0845 e. The van der Waals surface area contributed by atoms with Gasteiger partial charge in [-0.1, -0.05) is 30.3 Å². The van der Waals surface area contributed by atoms with Crippen molar-refractivity contribution in [3.8, 4) is 0 Å². The van der Waals surface area contributed by atoms with Crippen molar-refractivity contribution in [1.29, 1.82) is 0 Å². The number of hydrogen-bond acceptors (Lipinski definition) is 3. The molecule has 0 radical (unpaired) electrons. The largest absolute Gasteiger partial charge is 0.390 e. The van der Waals surface area contributed by atoms with Crippen LogP contribution in [-0.2, 0) is 0 Å². The van der Waals surface area contributed by atoms with Crippen LogP contribution in [0.3, 0.4) is 0 Å². The lowest BCUT2D eigenvalue weighted by molar-refractivity contribution is -0.0288. The Balaban J connectivity index is 0.00000108. The van der Waals surface area contributed by atoms with E-state index in [4.69, 9.17) is 5.73 Å². The van der Waals surface area contributed by atoms with Gasteiger partial charge in [0.2, 0.25) is 0 Å². The van der Waals surface area contributed by atoms with Gasteiger partial charge in [-0.2, -0.15) is 0 Å². The number of hydrogen-bond donors (Lipinski definition) is 3. The van der Waals surface area contributed by atoms with Crippen LogP contribution < -0.4 is 5.73 Å². The second-order valence-corrected chi connectivity index (χ2v) is 5.06. The van der Waals surface area contributed by atoms with Gasteiger partial charge in [0.15, 0.2) is 0 Å². The van der Waals surface area contributed by atoms with Gasteiger partial charge >= 0.3 is 0 Å². The molecule has 94 valence electrons. The minimum absolute atomic E-state index is 0. The molecule has 1 aromatic carbocycles. The van der Waals surface area contributed by atoms with E-state index in [9.17, 15) is 10.2 Å². The van der Waals surface area contributed by atoms with Crippen molar-refractivity contribution in [3.63, 3.8) is 0 Å². The summed E-state index contributed by atoms with van der Waals surface area (Å²) in [5.74, 6) is 0.382. The van der Waals surface area contributed by atoms with Crippen LogP contribution in [0.1, 0.15) is 17.9 Å². The fourth-order valence-corrected chi connectivity index (χ4v) is 3.54. The van der Waals surface area contributed by atoms with Crippen molar-refractivity contribution < 1.29 is 10.2 Å². The average molecular weight is 256 g/mol. The number of rotatable bonds is 1. The van der Waals surface area contributed by atoms with Gasteiger partial charge in [0.25, 0.3) is 0 Å². The third-order valence-corrected chi connectivity index (χ3v) is 4.33. The van der Waals surface area contributed by atoms with Crippen molar-refractivity contribution in [1.82, 2.24) is 0 Å². The summed E-state index contributed by atoms with van der Waals surface area (Å²) in [4.78, 5) is 0. The Labute approximate surface area is 107 Å². The molecular weight excluding hydrogens is 238 g/mol. The van der Waals surface area contributed by atoms with Crippen molar-refractivity contribution in [3.05, 3.63) is 35.9 Å². The van der Waals surface area contributed by atoms with Gasteiger partial charge in [-0.25, -0.2) is 0 Å². The first kappa shape index (κ1) is 12.8. The van der Waals surface area contributed by atoms with Crippen LogP contribution in [0.2, 0.25) is 0 Å². The third kappa shape index (κ3) is 1.78. The second kappa shape index (κ2) is 4.58. The van der Waals surface area contributed by atoms with E-state index in [1.807, 2.05) is 18.2 Å². The summed E-state index contributed by atoms with van der Waals surface area (Å²) in [6.07, 6.45) is -0.377. The van der Waals surface area contributed by atoms with Crippen molar-refractivity contribution in [2.75, 3.05) is 0 Å². The molecule has 2 bridgehead atoms. The van der Waals surface area contributed by atoms with Gasteiger partial charge in [0, 0.05) is 17.9 Å². The van der Waals surface area contributed by atoms with Gasteiger partial charge in [0.1, 0.15) is 0 Å². The van der Waals surface area contributed by atoms with Crippen molar-refractivity contribution in [2.24, 2.45) is 17.6 Å². The molecule has 4 heteroatoms. The smallest absolute Gasteiger partial charge is 0.0845 e. The minimum atomic E-state index is -0.625. The number of benzene rings is 1. The van der Waals surface area contributed by atoms with Crippen LogP contribution in [0.5, 0.6) is 0 Å². The van der Waals surface area contributed by atoms with Gasteiger partial charge in [-0.05, 0) is 17.9 Å². The summed E-state index contributed by atoms with van der Waals surface area (Å²) >= 11 is 0. The van der Waals surface area contributed by atoms with E-state index < -0.39 is 12.2 Å². The fraction of sp³-hybridized carbons (Fsp3) is 0.538. The zero-order valence-corrected chi connectivity index (χ0v) is 10.3. The first-order chi connectivity index (χ1) is 7.70. The van der Waals surface area contributed by atoms with E-state index in [1.54, 1.807) is 0 Å². The molecule has 2 aliphatic carbocycles. The molecule has 0 saturated heterocycles. The van der Waals surface area contributed by atoms with Gasteiger partial charge < -0.3 is 15.9 Å². The molecule has 3 nitrogen and oxygen atoms in total. The highest BCUT2D eigenvalue weighted by Gasteiger charge is 2.56. The number of aliphatic hydroxyl groups is 2. The SMILES string of the molecule is Cl.N[C@@H]1[C@H]2C[C@H]([C@H](O)[C@@H]2O)[C@H]1c1ccccc1. The van der Waals surface area contributed by atoms with Crippen LogP contribution in [0, 0.1) is 11.8 Å². The van der Waals surface area contributed by atoms with Crippen LogP contribution >= 0.6 is 12.4 Å². The fourth-order valence-electron chi connectivity index (χ4n) is 3.54. The summed E-state index contributed by atoms with van der Waals surface area (Å²) in [6, 6.07) is 10.1. The molecule has 0 amide bonds. The number of fused-ring (bicyclic) bond motifs is 2. The van der Waals surface area contributed by atoms with Crippen LogP contribution in [0.4, 0.5) is 0 Å². The molecule has 4 N–H and O–H groups in total. The van der Waals surface area contributed by atoms with Gasteiger partial charge in [-0.15, -0.1) is 12.4 Å². The quantitative estimate of drug-likeness (QED) is 0.698. The van der Waals surface area contributed by atoms with Gasteiger partial charge in [-0.3, -0.25) is 0 Å². The molecule has 6 atom stereocenters.